The summed E-state index contributed by atoms with van der Waals surface area (Å²) in [5.74, 6) is -1.36. The molecule has 3 aromatic rings. The third-order valence-corrected chi connectivity index (χ3v) is 7.87. The van der Waals surface area contributed by atoms with E-state index in [0.717, 1.165) is 44.6 Å². The number of nitrogens with zero attached hydrogens (tertiary/aromatic N) is 2. The Morgan fingerprint density at radius 1 is 1.00 bits per heavy atom. The zero-order chi connectivity index (χ0) is 24.0. The molecule has 0 radical (unpaired) electrons. The van der Waals surface area contributed by atoms with Gasteiger partial charge >= 0.3 is 0 Å². The van der Waals surface area contributed by atoms with Crippen LogP contribution < -0.4 is 0 Å². The molecular formula is C24H24F2N2O3S2. The standard InChI is InChI=1S/C24H24F2N2O3S2/c1-3-13-28(33(30,31)22-10-8-21(26)9-11-22)17-24(29)27(16-23-18(2)12-14-32-23)15-19-4-6-20(25)7-5-19/h3-12,14H,1,13,15-17H2,2H3. The van der Waals surface area contributed by atoms with Crippen molar-refractivity contribution in [3.05, 3.63) is 100 Å². The number of hydrogen-bond acceptors (Lipinski definition) is 4. The van der Waals surface area contributed by atoms with E-state index in [1.165, 1.54) is 29.5 Å². The van der Waals surface area contributed by atoms with Crippen molar-refractivity contribution in [3.8, 4) is 0 Å². The molecule has 0 spiro atoms. The number of amides is 1. The lowest BCUT2D eigenvalue weighted by molar-refractivity contribution is -0.132. The average Bonchev–Trinajstić information content (AvgIpc) is 3.19. The van der Waals surface area contributed by atoms with Crippen LogP contribution in [0.2, 0.25) is 0 Å². The van der Waals surface area contributed by atoms with Gasteiger partial charge in [-0.2, -0.15) is 4.31 Å². The number of benzene rings is 2. The van der Waals surface area contributed by atoms with Crippen LogP contribution in [-0.4, -0.2) is 36.6 Å². The Bertz CT molecular complexity index is 1210. The molecule has 0 unspecified atom stereocenters. The van der Waals surface area contributed by atoms with Crippen molar-refractivity contribution in [2.75, 3.05) is 13.1 Å². The van der Waals surface area contributed by atoms with Crippen LogP contribution in [0, 0.1) is 18.6 Å². The largest absolute Gasteiger partial charge is 0.332 e. The molecule has 9 heteroatoms. The molecule has 0 fully saturated rings. The number of carbonyl (C=O) groups is 1. The van der Waals surface area contributed by atoms with Gasteiger partial charge in [0.25, 0.3) is 0 Å². The highest BCUT2D eigenvalue weighted by Gasteiger charge is 2.28. The van der Waals surface area contributed by atoms with Crippen molar-refractivity contribution in [2.45, 2.75) is 24.9 Å². The molecule has 1 aromatic heterocycles. The summed E-state index contributed by atoms with van der Waals surface area (Å²) in [5, 5.41) is 1.92. The first kappa shape index (κ1) is 24.8. The minimum Gasteiger partial charge on any atom is -0.332 e. The topological polar surface area (TPSA) is 57.7 Å². The Morgan fingerprint density at radius 3 is 2.15 bits per heavy atom. The number of rotatable bonds is 10. The van der Waals surface area contributed by atoms with Gasteiger partial charge < -0.3 is 4.90 Å². The molecule has 0 aliphatic rings. The van der Waals surface area contributed by atoms with Crippen LogP contribution in [0.4, 0.5) is 8.78 Å². The van der Waals surface area contributed by atoms with Gasteiger partial charge in [-0.3, -0.25) is 4.79 Å². The first-order valence-electron chi connectivity index (χ1n) is 10.1. The van der Waals surface area contributed by atoms with Crippen molar-refractivity contribution in [3.63, 3.8) is 0 Å². The Morgan fingerprint density at radius 2 is 1.61 bits per heavy atom. The van der Waals surface area contributed by atoms with E-state index >= 15 is 0 Å². The molecule has 5 nitrogen and oxygen atoms in total. The Hall–Kier alpha value is -2.88. The van der Waals surface area contributed by atoms with Crippen molar-refractivity contribution in [2.24, 2.45) is 0 Å². The lowest BCUT2D eigenvalue weighted by atomic mass is 10.2. The number of hydrogen-bond donors (Lipinski definition) is 0. The van der Waals surface area contributed by atoms with Gasteiger partial charge in [0, 0.05) is 18.0 Å². The van der Waals surface area contributed by atoms with Crippen LogP contribution in [0.1, 0.15) is 16.0 Å². The summed E-state index contributed by atoms with van der Waals surface area (Å²) in [6, 6.07) is 12.2. The lowest BCUT2D eigenvalue weighted by Crippen LogP contribution is -2.42. The second-order valence-electron chi connectivity index (χ2n) is 7.44. The van der Waals surface area contributed by atoms with Crippen molar-refractivity contribution < 1.29 is 22.0 Å². The Balaban J connectivity index is 1.87. The smallest absolute Gasteiger partial charge is 0.243 e. The summed E-state index contributed by atoms with van der Waals surface area (Å²) in [5.41, 5.74) is 1.74. The molecule has 0 bridgehead atoms. The summed E-state index contributed by atoms with van der Waals surface area (Å²) < 4.78 is 53.8. The number of aryl methyl sites for hydroxylation is 1. The maximum absolute atomic E-state index is 13.3. The molecule has 0 saturated carbocycles. The first-order chi connectivity index (χ1) is 15.7. The molecule has 1 amide bonds. The van der Waals surface area contributed by atoms with Gasteiger partial charge in [-0.15, -0.1) is 17.9 Å². The molecule has 0 aliphatic heterocycles. The van der Waals surface area contributed by atoms with E-state index in [1.54, 1.807) is 17.0 Å². The van der Waals surface area contributed by atoms with E-state index in [9.17, 15) is 22.0 Å². The summed E-state index contributed by atoms with van der Waals surface area (Å²) in [4.78, 5) is 15.7. The third-order valence-electron chi connectivity index (χ3n) is 5.04. The maximum Gasteiger partial charge on any atom is 0.243 e. The van der Waals surface area contributed by atoms with E-state index in [1.807, 2.05) is 18.4 Å². The minimum absolute atomic E-state index is 0.0894. The van der Waals surface area contributed by atoms with Crippen LogP contribution in [0.15, 0.2) is 77.5 Å². The highest BCUT2D eigenvalue weighted by molar-refractivity contribution is 7.89. The Labute approximate surface area is 196 Å². The summed E-state index contributed by atoms with van der Waals surface area (Å²) in [7, 11) is -4.06. The quantitative estimate of drug-likeness (QED) is 0.386. The van der Waals surface area contributed by atoms with E-state index < -0.39 is 28.3 Å². The molecule has 0 aliphatic carbocycles. The third kappa shape index (κ3) is 6.34. The number of halogens is 2. The molecule has 0 saturated heterocycles. The predicted molar refractivity (Wildman–Crippen MR) is 125 cm³/mol. The fourth-order valence-corrected chi connectivity index (χ4v) is 5.46. The SMILES string of the molecule is C=CCN(CC(=O)N(Cc1ccc(F)cc1)Cc1sccc1C)S(=O)(=O)c1ccc(F)cc1. The van der Waals surface area contributed by atoms with Gasteiger partial charge in [-0.25, -0.2) is 17.2 Å². The average molecular weight is 491 g/mol. The molecule has 1 heterocycles. The molecule has 174 valence electrons. The van der Waals surface area contributed by atoms with Crippen LogP contribution >= 0.6 is 11.3 Å². The molecule has 33 heavy (non-hydrogen) atoms. The normalized spacial score (nSPS) is 11.5. The van der Waals surface area contributed by atoms with Crippen LogP contribution in [-0.2, 0) is 27.9 Å². The van der Waals surface area contributed by atoms with Gasteiger partial charge in [-0.05, 0) is 65.9 Å². The van der Waals surface area contributed by atoms with Crippen molar-refractivity contribution in [1.82, 2.24) is 9.21 Å². The number of carbonyl (C=O) groups excluding carboxylic acids is 1. The minimum atomic E-state index is -4.06. The zero-order valence-corrected chi connectivity index (χ0v) is 19.7. The van der Waals surface area contributed by atoms with E-state index in [-0.39, 0.29) is 30.3 Å². The van der Waals surface area contributed by atoms with Crippen LogP contribution in [0.3, 0.4) is 0 Å². The highest BCUT2D eigenvalue weighted by atomic mass is 32.2. The van der Waals surface area contributed by atoms with Crippen LogP contribution in [0.25, 0.3) is 0 Å². The Kier molecular flexibility index (Phi) is 8.12. The monoisotopic (exact) mass is 490 g/mol. The first-order valence-corrected chi connectivity index (χ1v) is 12.4. The molecule has 0 N–H and O–H groups in total. The van der Waals surface area contributed by atoms with E-state index in [2.05, 4.69) is 6.58 Å². The zero-order valence-electron chi connectivity index (χ0n) is 18.1. The van der Waals surface area contributed by atoms with Gasteiger partial charge in [0.15, 0.2) is 0 Å². The molecule has 2 aromatic carbocycles. The van der Waals surface area contributed by atoms with Gasteiger partial charge in [0.2, 0.25) is 15.9 Å². The highest BCUT2D eigenvalue weighted by Crippen LogP contribution is 2.21. The van der Waals surface area contributed by atoms with Crippen LogP contribution in [0.5, 0.6) is 0 Å². The van der Waals surface area contributed by atoms with Gasteiger partial charge in [0.1, 0.15) is 11.6 Å². The fourth-order valence-electron chi connectivity index (χ4n) is 3.18. The maximum atomic E-state index is 13.3. The molecule has 3 rings (SSSR count). The van der Waals surface area contributed by atoms with Gasteiger partial charge in [-0.1, -0.05) is 18.2 Å². The lowest BCUT2D eigenvalue weighted by Gasteiger charge is -2.27. The summed E-state index contributed by atoms with van der Waals surface area (Å²) in [6.45, 7) is 5.51. The second kappa shape index (κ2) is 10.8. The second-order valence-corrected chi connectivity index (χ2v) is 10.4. The predicted octanol–water partition coefficient (Wildman–Crippen LogP) is 4.74. The summed E-state index contributed by atoms with van der Waals surface area (Å²) in [6.07, 6.45) is 1.39. The number of sulfonamides is 1. The van der Waals surface area contributed by atoms with E-state index in [4.69, 9.17) is 0 Å². The fraction of sp³-hybridized carbons (Fsp3) is 0.208. The van der Waals surface area contributed by atoms with E-state index in [0.29, 0.717) is 0 Å². The number of thiophene rings is 1. The molecular weight excluding hydrogens is 466 g/mol. The molecule has 0 atom stereocenters. The van der Waals surface area contributed by atoms with Crippen molar-refractivity contribution in [1.29, 1.82) is 0 Å². The summed E-state index contributed by atoms with van der Waals surface area (Å²) >= 11 is 1.50. The van der Waals surface area contributed by atoms with Gasteiger partial charge in [0.05, 0.1) is 18.0 Å². The van der Waals surface area contributed by atoms with Crippen molar-refractivity contribution >= 4 is 27.3 Å².